The Kier molecular flexibility index (Phi) is 17.7. The van der Waals surface area contributed by atoms with E-state index in [0.717, 1.165) is 44.5 Å². The van der Waals surface area contributed by atoms with Crippen LogP contribution in [0.1, 0.15) is 91.4 Å². The van der Waals surface area contributed by atoms with Crippen molar-refractivity contribution in [3.05, 3.63) is 11.7 Å². The van der Waals surface area contributed by atoms with Gasteiger partial charge in [0.25, 0.3) is 0 Å². The number of unbranched alkanes of at least 4 members (excludes halogenated alkanes) is 7. The first kappa shape index (κ1) is 23.1. The summed E-state index contributed by atoms with van der Waals surface area (Å²) in [6, 6.07) is 0. The summed E-state index contributed by atoms with van der Waals surface area (Å²) >= 11 is 0. The van der Waals surface area contributed by atoms with Gasteiger partial charge in [-0.2, -0.15) is 0 Å². The molecule has 0 aromatic carbocycles. The molecule has 0 aliphatic heterocycles. The Morgan fingerprint density at radius 3 is 1.75 bits per heavy atom. The van der Waals surface area contributed by atoms with Crippen LogP contribution >= 0.6 is 0 Å². The number of rotatable bonds is 18. The average Bonchev–Trinajstić information content (AvgIpc) is 2.60. The fourth-order valence-electron chi connectivity index (χ4n) is 2.30. The first-order valence-corrected chi connectivity index (χ1v) is 9.90. The Morgan fingerprint density at radius 1 is 0.625 bits per heavy atom. The number of ether oxygens (including phenoxy) is 4. The highest BCUT2D eigenvalue weighted by Gasteiger charge is 2.12. The van der Waals surface area contributed by atoms with Gasteiger partial charge in [0.1, 0.15) is 0 Å². The number of allylic oxidation sites excluding steroid dienone is 1. The molecule has 4 heteroatoms. The highest BCUT2D eigenvalue weighted by molar-refractivity contribution is 4.95. The zero-order chi connectivity index (χ0) is 17.9. The van der Waals surface area contributed by atoms with Gasteiger partial charge in [-0.1, -0.05) is 65.7 Å². The maximum atomic E-state index is 6.00. The minimum Gasteiger partial charge on any atom is -0.491 e. The predicted molar refractivity (Wildman–Crippen MR) is 99.7 cm³/mol. The van der Waals surface area contributed by atoms with Crippen LogP contribution in [0.2, 0.25) is 0 Å². The lowest BCUT2D eigenvalue weighted by Crippen LogP contribution is -2.09. The Morgan fingerprint density at radius 2 is 1.21 bits per heavy atom. The Hall–Kier alpha value is -0.900. The quantitative estimate of drug-likeness (QED) is 0.169. The van der Waals surface area contributed by atoms with Crippen LogP contribution in [0.3, 0.4) is 0 Å². The Bertz CT molecular complexity index is 261. The molecule has 0 saturated heterocycles. The molecule has 0 aromatic heterocycles. The van der Waals surface area contributed by atoms with Crippen molar-refractivity contribution in [2.45, 2.75) is 91.4 Å². The molecule has 0 bridgehead atoms. The van der Waals surface area contributed by atoms with Gasteiger partial charge in [0.05, 0.1) is 13.2 Å². The maximum absolute atomic E-state index is 6.00. The molecule has 24 heavy (non-hydrogen) atoms. The second kappa shape index (κ2) is 18.4. The monoisotopic (exact) mass is 344 g/mol. The van der Waals surface area contributed by atoms with E-state index in [1.165, 1.54) is 38.5 Å². The van der Waals surface area contributed by atoms with Crippen LogP contribution in [0.4, 0.5) is 0 Å². The third-order valence-electron chi connectivity index (χ3n) is 3.80. The summed E-state index contributed by atoms with van der Waals surface area (Å²) in [6.45, 7) is 8.21. The van der Waals surface area contributed by atoms with Crippen molar-refractivity contribution in [1.82, 2.24) is 0 Å². The second-order valence-electron chi connectivity index (χ2n) is 6.18. The number of hydrogen-bond acceptors (Lipinski definition) is 4. The van der Waals surface area contributed by atoms with Crippen molar-refractivity contribution in [2.75, 3.05) is 27.1 Å². The van der Waals surface area contributed by atoms with Gasteiger partial charge in [0, 0.05) is 13.5 Å². The number of methoxy groups -OCH3 is 1. The molecule has 0 saturated carbocycles. The first-order valence-electron chi connectivity index (χ1n) is 9.90. The molecule has 0 atom stereocenters. The molecule has 0 rings (SSSR count). The molecular weight excluding hydrogens is 304 g/mol. The van der Waals surface area contributed by atoms with Gasteiger partial charge in [0.15, 0.2) is 12.6 Å². The van der Waals surface area contributed by atoms with Crippen LogP contribution in [-0.2, 0) is 18.9 Å². The van der Waals surface area contributed by atoms with Crippen molar-refractivity contribution in [1.29, 1.82) is 0 Å². The minimum absolute atomic E-state index is 0.194. The van der Waals surface area contributed by atoms with E-state index in [2.05, 4.69) is 20.8 Å². The topological polar surface area (TPSA) is 36.9 Å². The summed E-state index contributed by atoms with van der Waals surface area (Å²) < 4.78 is 22.6. The molecule has 0 aliphatic carbocycles. The lowest BCUT2D eigenvalue weighted by molar-refractivity contribution is -0.0692. The lowest BCUT2D eigenvalue weighted by atomic mass is 10.2. The van der Waals surface area contributed by atoms with Crippen LogP contribution in [0.15, 0.2) is 11.7 Å². The van der Waals surface area contributed by atoms with Crippen LogP contribution in [0.25, 0.3) is 0 Å². The highest BCUT2D eigenvalue weighted by atomic mass is 16.7. The first-order chi connectivity index (χ1) is 11.8. The summed E-state index contributed by atoms with van der Waals surface area (Å²) in [5.74, 6) is 1.37. The fourth-order valence-corrected chi connectivity index (χ4v) is 2.30. The van der Waals surface area contributed by atoms with Gasteiger partial charge in [-0.3, -0.25) is 0 Å². The van der Waals surface area contributed by atoms with Crippen LogP contribution in [0.5, 0.6) is 0 Å². The van der Waals surface area contributed by atoms with Crippen molar-refractivity contribution < 1.29 is 18.9 Å². The third kappa shape index (κ3) is 13.5. The second-order valence-corrected chi connectivity index (χ2v) is 6.18. The van der Waals surface area contributed by atoms with Gasteiger partial charge in [-0.25, -0.2) is 0 Å². The molecule has 0 unspecified atom stereocenters. The summed E-state index contributed by atoms with van der Waals surface area (Å²) in [5, 5.41) is 0. The van der Waals surface area contributed by atoms with E-state index in [9.17, 15) is 0 Å². The molecule has 144 valence electrons. The van der Waals surface area contributed by atoms with Gasteiger partial charge in [-0.05, 0) is 19.3 Å². The van der Waals surface area contributed by atoms with Gasteiger partial charge in [-0.15, -0.1) is 0 Å². The van der Waals surface area contributed by atoms with Crippen molar-refractivity contribution in [2.24, 2.45) is 0 Å². The van der Waals surface area contributed by atoms with Crippen LogP contribution in [0, 0.1) is 0 Å². The van der Waals surface area contributed by atoms with Gasteiger partial charge < -0.3 is 18.9 Å². The number of hydrogen-bond donors (Lipinski definition) is 0. The molecule has 0 N–H and O–H groups in total. The van der Waals surface area contributed by atoms with Crippen molar-refractivity contribution in [3.8, 4) is 0 Å². The smallest absolute Gasteiger partial charge is 0.321 e. The maximum Gasteiger partial charge on any atom is 0.321 e. The molecule has 0 amide bonds. The summed E-state index contributed by atoms with van der Waals surface area (Å²) in [4.78, 5) is 0. The van der Waals surface area contributed by atoms with E-state index >= 15 is 0 Å². The SMILES string of the molecule is CCCCCCOC(CCCC)=C(OCCCCCC)OCOC. The van der Waals surface area contributed by atoms with Crippen molar-refractivity contribution in [3.63, 3.8) is 0 Å². The van der Waals surface area contributed by atoms with E-state index in [1.807, 2.05) is 0 Å². The van der Waals surface area contributed by atoms with E-state index in [-0.39, 0.29) is 6.79 Å². The average molecular weight is 345 g/mol. The van der Waals surface area contributed by atoms with E-state index in [4.69, 9.17) is 18.9 Å². The normalized spacial score (nSPS) is 12.0. The summed E-state index contributed by atoms with van der Waals surface area (Å²) in [7, 11) is 1.62. The standard InChI is InChI=1S/C20H40O4/c1-5-8-11-13-16-22-19(15-10-7-3)20(24-18-21-4)23-17-14-12-9-6-2/h5-18H2,1-4H3. The summed E-state index contributed by atoms with van der Waals surface area (Å²) in [6.07, 6.45) is 12.6. The van der Waals surface area contributed by atoms with E-state index in [0.29, 0.717) is 12.6 Å². The van der Waals surface area contributed by atoms with E-state index in [1.54, 1.807) is 7.11 Å². The molecule has 4 nitrogen and oxygen atoms in total. The molecular formula is C20H40O4. The van der Waals surface area contributed by atoms with Gasteiger partial charge >= 0.3 is 5.95 Å². The molecule has 0 radical (unpaired) electrons. The van der Waals surface area contributed by atoms with E-state index < -0.39 is 0 Å². The molecule has 0 heterocycles. The predicted octanol–water partition coefficient (Wildman–Crippen LogP) is 6.16. The highest BCUT2D eigenvalue weighted by Crippen LogP contribution is 2.18. The third-order valence-corrected chi connectivity index (χ3v) is 3.80. The zero-order valence-corrected chi connectivity index (χ0v) is 16.5. The Labute approximate surface area is 149 Å². The fraction of sp³-hybridized carbons (Fsp3) is 0.900. The molecule has 0 spiro atoms. The van der Waals surface area contributed by atoms with Crippen LogP contribution < -0.4 is 0 Å². The minimum atomic E-state index is 0.194. The molecule has 0 fully saturated rings. The van der Waals surface area contributed by atoms with Crippen molar-refractivity contribution >= 4 is 0 Å². The van der Waals surface area contributed by atoms with Gasteiger partial charge in [0.2, 0.25) is 0 Å². The summed E-state index contributed by atoms with van der Waals surface area (Å²) in [5.41, 5.74) is 0. The lowest BCUT2D eigenvalue weighted by Gasteiger charge is -2.17. The largest absolute Gasteiger partial charge is 0.491 e. The zero-order valence-electron chi connectivity index (χ0n) is 16.5. The molecule has 0 aliphatic rings. The van der Waals surface area contributed by atoms with Crippen LogP contribution in [-0.4, -0.2) is 27.1 Å². The Balaban J connectivity index is 4.54. The molecule has 0 aromatic rings.